The number of hydrogen-bond acceptors (Lipinski definition) is 3. The van der Waals surface area contributed by atoms with Crippen molar-refractivity contribution in [1.29, 1.82) is 0 Å². The number of hydrogen-bond donors (Lipinski definition) is 2. The molecule has 0 heterocycles. The number of carbonyl (C=O) groups is 1. The lowest BCUT2D eigenvalue weighted by molar-refractivity contribution is -0.115. The molecule has 1 amide bonds. The summed E-state index contributed by atoms with van der Waals surface area (Å²) in [5, 5.41) is 5.77. The highest BCUT2D eigenvalue weighted by molar-refractivity contribution is 7.99. The Morgan fingerprint density at radius 2 is 1.81 bits per heavy atom. The van der Waals surface area contributed by atoms with E-state index in [1.165, 1.54) is 0 Å². The molecule has 0 saturated carbocycles. The average molecular weight is 296 g/mol. The predicted octanol–water partition coefficient (Wildman–Crippen LogP) is 3.00. The van der Waals surface area contributed by atoms with E-state index >= 15 is 0 Å². The van der Waals surface area contributed by atoms with Gasteiger partial charge in [0.1, 0.15) is 0 Å². The molecular formula is C17H16N2OS. The Bertz CT molecular complexity index is 635. The fourth-order valence-electron chi connectivity index (χ4n) is 1.72. The van der Waals surface area contributed by atoms with E-state index in [0.717, 1.165) is 15.5 Å². The number of carbonyl (C=O) groups excluding carboxylic acids is 1. The second-order valence-corrected chi connectivity index (χ2v) is 5.38. The Labute approximate surface area is 129 Å². The first kappa shape index (κ1) is 15.2. The summed E-state index contributed by atoms with van der Waals surface area (Å²) < 4.78 is 0. The molecule has 0 fully saturated rings. The van der Waals surface area contributed by atoms with Gasteiger partial charge in [0.15, 0.2) is 0 Å². The van der Waals surface area contributed by atoms with E-state index in [9.17, 15) is 4.79 Å². The van der Waals surface area contributed by atoms with Gasteiger partial charge < -0.3 is 5.32 Å². The molecule has 2 aromatic rings. The van der Waals surface area contributed by atoms with Crippen molar-refractivity contribution in [2.24, 2.45) is 0 Å². The fraction of sp³-hybridized carbons (Fsp3) is 0.118. The molecule has 2 rings (SSSR count). The van der Waals surface area contributed by atoms with Crippen LogP contribution in [0.5, 0.6) is 0 Å². The number of rotatable bonds is 6. The van der Waals surface area contributed by atoms with E-state index in [4.69, 9.17) is 6.42 Å². The fourth-order valence-corrected chi connectivity index (χ4v) is 2.64. The van der Waals surface area contributed by atoms with Crippen LogP contribution in [0, 0.1) is 12.3 Å². The molecule has 0 saturated heterocycles. The number of benzene rings is 2. The molecule has 0 radical (unpaired) electrons. The van der Waals surface area contributed by atoms with Crippen molar-refractivity contribution in [2.45, 2.75) is 9.79 Å². The standard InChI is InChI=1S/C17H16N2OS/c1-2-12-18-13-17(20)19-15-10-6-7-11-16(15)21-14-8-4-3-5-9-14/h1,3-11,18H,12-13H2,(H,19,20). The van der Waals surface area contributed by atoms with Gasteiger partial charge in [-0.3, -0.25) is 10.1 Å². The van der Waals surface area contributed by atoms with E-state index < -0.39 is 0 Å². The van der Waals surface area contributed by atoms with Crippen LogP contribution in [0.3, 0.4) is 0 Å². The lowest BCUT2D eigenvalue weighted by atomic mass is 10.3. The first-order chi connectivity index (χ1) is 10.3. The van der Waals surface area contributed by atoms with Crippen LogP contribution < -0.4 is 10.6 Å². The first-order valence-electron chi connectivity index (χ1n) is 6.55. The van der Waals surface area contributed by atoms with Crippen molar-refractivity contribution in [3.05, 3.63) is 54.6 Å². The lowest BCUT2D eigenvalue weighted by Gasteiger charge is -2.10. The van der Waals surface area contributed by atoms with Gasteiger partial charge in [0.25, 0.3) is 0 Å². The van der Waals surface area contributed by atoms with Crippen molar-refractivity contribution in [1.82, 2.24) is 5.32 Å². The van der Waals surface area contributed by atoms with Gasteiger partial charge in [0.2, 0.25) is 5.91 Å². The van der Waals surface area contributed by atoms with Gasteiger partial charge in [-0.05, 0) is 24.3 Å². The maximum Gasteiger partial charge on any atom is 0.238 e. The zero-order chi connectivity index (χ0) is 14.9. The van der Waals surface area contributed by atoms with Crippen LogP contribution in [0.1, 0.15) is 0 Å². The predicted molar refractivity (Wildman–Crippen MR) is 87.3 cm³/mol. The summed E-state index contributed by atoms with van der Waals surface area (Å²) >= 11 is 1.62. The maximum absolute atomic E-state index is 11.8. The third-order valence-corrected chi connectivity index (χ3v) is 3.73. The van der Waals surface area contributed by atoms with E-state index in [0.29, 0.717) is 6.54 Å². The summed E-state index contributed by atoms with van der Waals surface area (Å²) in [5.74, 6) is 2.33. The Morgan fingerprint density at radius 1 is 1.10 bits per heavy atom. The Kier molecular flexibility index (Phi) is 5.89. The number of anilines is 1. The molecule has 2 N–H and O–H groups in total. The van der Waals surface area contributed by atoms with Gasteiger partial charge in [-0.25, -0.2) is 0 Å². The van der Waals surface area contributed by atoms with Crippen LogP contribution in [0.2, 0.25) is 0 Å². The highest BCUT2D eigenvalue weighted by Crippen LogP contribution is 2.32. The van der Waals surface area contributed by atoms with E-state index in [2.05, 4.69) is 16.6 Å². The maximum atomic E-state index is 11.8. The minimum absolute atomic E-state index is 0.105. The molecule has 0 bridgehead atoms. The monoisotopic (exact) mass is 296 g/mol. The van der Waals surface area contributed by atoms with Crippen LogP contribution in [0.25, 0.3) is 0 Å². The van der Waals surface area contributed by atoms with Crippen molar-refractivity contribution >= 4 is 23.4 Å². The van der Waals surface area contributed by atoms with Crippen LogP contribution in [0.4, 0.5) is 5.69 Å². The zero-order valence-electron chi connectivity index (χ0n) is 11.5. The molecule has 0 spiro atoms. The Balaban J connectivity index is 2.03. The Hall–Kier alpha value is -2.22. The van der Waals surface area contributed by atoms with Crippen LogP contribution in [-0.4, -0.2) is 19.0 Å². The first-order valence-corrected chi connectivity index (χ1v) is 7.37. The minimum Gasteiger partial charge on any atom is -0.324 e. The molecule has 0 aromatic heterocycles. The highest BCUT2D eigenvalue weighted by atomic mass is 32.2. The molecular weight excluding hydrogens is 280 g/mol. The molecule has 3 nitrogen and oxygen atoms in total. The Morgan fingerprint density at radius 3 is 2.57 bits per heavy atom. The van der Waals surface area contributed by atoms with Gasteiger partial charge in [0.05, 0.1) is 18.8 Å². The number of para-hydroxylation sites is 1. The second kappa shape index (κ2) is 8.15. The number of terminal acetylenes is 1. The summed E-state index contributed by atoms with van der Waals surface area (Å²) in [4.78, 5) is 14.0. The van der Waals surface area contributed by atoms with Crippen LogP contribution >= 0.6 is 11.8 Å². The number of amides is 1. The van der Waals surface area contributed by atoms with E-state index in [1.807, 2.05) is 54.6 Å². The molecule has 0 aliphatic rings. The van der Waals surface area contributed by atoms with Gasteiger partial charge in [-0.2, -0.15) is 0 Å². The molecule has 106 valence electrons. The highest BCUT2D eigenvalue weighted by Gasteiger charge is 2.07. The van der Waals surface area contributed by atoms with Crippen LogP contribution in [0.15, 0.2) is 64.4 Å². The summed E-state index contributed by atoms with van der Waals surface area (Å²) in [6, 6.07) is 17.8. The molecule has 2 aromatic carbocycles. The third kappa shape index (κ3) is 4.99. The lowest BCUT2D eigenvalue weighted by Crippen LogP contribution is -2.28. The van der Waals surface area contributed by atoms with E-state index in [-0.39, 0.29) is 12.5 Å². The van der Waals surface area contributed by atoms with Gasteiger partial charge >= 0.3 is 0 Å². The normalized spacial score (nSPS) is 9.86. The SMILES string of the molecule is C#CCNCC(=O)Nc1ccccc1Sc1ccccc1. The zero-order valence-corrected chi connectivity index (χ0v) is 12.3. The third-order valence-electron chi connectivity index (χ3n) is 2.64. The molecule has 21 heavy (non-hydrogen) atoms. The van der Waals surface area contributed by atoms with Gasteiger partial charge in [-0.15, -0.1) is 6.42 Å². The quantitative estimate of drug-likeness (QED) is 0.636. The molecule has 0 atom stereocenters. The van der Waals surface area contributed by atoms with E-state index in [1.54, 1.807) is 11.8 Å². The largest absolute Gasteiger partial charge is 0.324 e. The minimum atomic E-state index is -0.105. The molecule has 0 unspecified atom stereocenters. The molecule has 4 heteroatoms. The molecule has 0 aliphatic heterocycles. The van der Waals surface area contributed by atoms with Crippen molar-refractivity contribution < 1.29 is 4.79 Å². The molecule has 0 aliphatic carbocycles. The van der Waals surface area contributed by atoms with Crippen LogP contribution in [-0.2, 0) is 4.79 Å². The summed E-state index contributed by atoms with van der Waals surface area (Å²) in [6.07, 6.45) is 5.13. The topological polar surface area (TPSA) is 41.1 Å². The van der Waals surface area contributed by atoms with Crippen molar-refractivity contribution in [2.75, 3.05) is 18.4 Å². The second-order valence-electron chi connectivity index (χ2n) is 4.27. The van der Waals surface area contributed by atoms with Crippen molar-refractivity contribution in [3.63, 3.8) is 0 Å². The van der Waals surface area contributed by atoms with Gasteiger partial charge in [0, 0.05) is 9.79 Å². The summed E-state index contributed by atoms with van der Waals surface area (Å²) in [6.45, 7) is 0.586. The smallest absolute Gasteiger partial charge is 0.238 e. The van der Waals surface area contributed by atoms with Gasteiger partial charge in [-0.1, -0.05) is 48.0 Å². The summed E-state index contributed by atoms with van der Waals surface area (Å²) in [7, 11) is 0. The average Bonchev–Trinajstić information content (AvgIpc) is 2.51. The summed E-state index contributed by atoms with van der Waals surface area (Å²) in [5.41, 5.74) is 0.805. The number of nitrogens with one attached hydrogen (secondary N) is 2. The van der Waals surface area contributed by atoms with Crippen molar-refractivity contribution in [3.8, 4) is 12.3 Å².